The van der Waals surface area contributed by atoms with Crippen molar-refractivity contribution < 1.29 is 9.18 Å². The predicted octanol–water partition coefficient (Wildman–Crippen LogP) is 6.01. The summed E-state index contributed by atoms with van der Waals surface area (Å²) < 4.78 is 14.7. The summed E-state index contributed by atoms with van der Waals surface area (Å²) in [6.07, 6.45) is 1.64. The molecule has 29 heavy (non-hydrogen) atoms. The molecular weight excluding hydrogens is 429 g/mol. The highest BCUT2D eigenvalue weighted by atomic mass is 79.9. The smallest absolute Gasteiger partial charge is 0.255 e. The molecule has 0 aliphatic carbocycles. The van der Waals surface area contributed by atoms with Gasteiger partial charge in [0.15, 0.2) is 0 Å². The molecule has 3 aromatic carbocycles. The van der Waals surface area contributed by atoms with Crippen LogP contribution in [0.4, 0.5) is 4.39 Å². The second-order valence-electron chi connectivity index (χ2n) is 6.32. The van der Waals surface area contributed by atoms with E-state index in [1.54, 1.807) is 29.2 Å². The summed E-state index contributed by atoms with van der Waals surface area (Å²) in [5.74, 6) is 5.69. The van der Waals surface area contributed by atoms with Crippen molar-refractivity contribution in [1.82, 2.24) is 4.90 Å². The van der Waals surface area contributed by atoms with Gasteiger partial charge in [0.1, 0.15) is 11.9 Å². The number of hydrogen-bond acceptors (Lipinski definition) is 1. The first kappa shape index (κ1) is 20.6. The van der Waals surface area contributed by atoms with Crippen LogP contribution in [0.25, 0.3) is 0 Å². The minimum absolute atomic E-state index is 0.200. The van der Waals surface area contributed by atoms with Crippen molar-refractivity contribution in [2.24, 2.45) is 0 Å². The van der Waals surface area contributed by atoms with Crippen LogP contribution >= 0.6 is 15.9 Å². The maximum Gasteiger partial charge on any atom is 0.255 e. The number of rotatable bonds is 5. The van der Waals surface area contributed by atoms with E-state index in [2.05, 4.69) is 34.3 Å². The topological polar surface area (TPSA) is 20.3 Å². The van der Waals surface area contributed by atoms with Crippen molar-refractivity contribution >= 4 is 21.8 Å². The van der Waals surface area contributed by atoms with Gasteiger partial charge >= 0.3 is 0 Å². The Bertz CT molecular complexity index is 1050. The molecule has 0 radical (unpaired) electrons. The molecule has 0 bridgehead atoms. The third-order valence-electron chi connectivity index (χ3n) is 4.30. The van der Waals surface area contributed by atoms with E-state index in [1.165, 1.54) is 12.1 Å². The molecule has 2 nitrogen and oxygen atoms in total. The van der Waals surface area contributed by atoms with Gasteiger partial charge in [-0.3, -0.25) is 4.79 Å². The van der Waals surface area contributed by atoms with E-state index in [1.807, 2.05) is 48.5 Å². The number of carbonyl (C=O) groups is 1. The fourth-order valence-corrected chi connectivity index (χ4v) is 3.38. The summed E-state index contributed by atoms with van der Waals surface area (Å²) in [6.45, 7) is 4.05. The first-order valence-corrected chi connectivity index (χ1v) is 9.88. The number of benzene rings is 3. The van der Waals surface area contributed by atoms with Gasteiger partial charge in [-0.2, -0.15) is 0 Å². The lowest BCUT2D eigenvalue weighted by atomic mass is 10.0. The number of halogens is 2. The molecule has 0 aliphatic rings. The summed E-state index contributed by atoms with van der Waals surface area (Å²) in [5, 5.41) is 0. The van der Waals surface area contributed by atoms with Crippen LogP contribution in [0.2, 0.25) is 0 Å². The third-order valence-corrected chi connectivity index (χ3v) is 5.02. The van der Waals surface area contributed by atoms with Crippen molar-refractivity contribution in [3.8, 4) is 11.8 Å². The Morgan fingerprint density at radius 2 is 1.72 bits per heavy atom. The normalized spacial score (nSPS) is 11.1. The molecule has 0 aromatic heterocycles. The van der Waals surface area contributed by atoms with Gasteiger partial charge in [0.05, 0.1) is 0 Å². The molecule has 3 rings (SSSR count). The minimum Gasteiger partial charge on any atom is -0.317 e. The molecule has 0 saturated carbocycles. The molecule has 0 fully saturated rings. The van der Waals surface area contributed by atoms with Gasteiger partial charge in [-0.05, 0) is 42.5 Å². The standard InChI is InChI=1S/C25H19BrFNO/c1-2-17-28(25(29)20-11-7-4-8-12-20)24(16-13-19-9-5-3-6-10-19)22-18-21(27)14-15-23(22)26/h2-12,14-15,18,24H,1,17H2. The number of hydrogen-bond donors (Lipinski definition) is 0. The highest BCUT2D eigenvalue weighted by Gasteiger charge is 2.26. The van der Waals surface area contributed by atoms with Gasteiger partial charge in [-0.25, -0.2) is 4.39 Å². The number of carbonyl (C=O) groups excluding carboxylic acids is 1. The largest absolute Gasteiger partial charge is 0.317 e. The van der Waals surface area contributed by atoms with Crippen LogP contribution < -0.4 is 0 Å². The van der Waals surface area contributed by atoms with E-state index in [0.717, 1.165) is 5.56 Å². The second-order valence-corrected chi connectivity index (χ2v) is 7.17. The Morgan fingerprint density at radius 3 is 2.38 bits per heavy atom. The first-order valence-electron chi connectivity index (χ1n) is 9.08. The van der Waals surface area contributed by atoms with Crippen LogP contribution in [0.5, 0.6) is 0 Å². The van der Waals surface area contributed by atoms with Gasteiger partial charge in [0.2, 0.25) is 0 Å². The molecule has 0 aliphatic heterocycles. The molecule has 0 saturated heterocycles. The van der Waals surface area contributed by atoms with E-state index in [-0.39, 0.29) is 18.3 Å². The zero-order valence-corrected chi connectivity index (χ0v) is 17.3. The lowest BCUT2D eigenvalue weighted by Crippen LogP contribution is -2.35. The van der Waals surface area contributed by atoms with Gasteiger partial charge in [-0.1, -0.05) is 70.2 Å². The summed E-state index contributed by atoms with van der Waals surface area (Å²) >= 11 is 3.48. The SMILES string of the molecule is C=CCN(C(=O)c1ccccc1)C(C#Cc1ccccc1)c1cc(F)ccc1Br. The highest BCUT2D eigenvalue weighted by Crippen LogP contribution is 2.30. The molecule has 0 heterocycles. The Hall–Kier alpha value is -3.16. The van der Waals surface area contributed by atoms with Crippen molar-refractivity contribution in [2.75, 3.05) is 6.54 Å². The van der Waals surface area contributed by atoms with E-state index >= 15 is 0 Å². The fourth-order valence-electron chi connectivity index (χ4n) is 2.91. The second kappa shape index (κ2) is 9.86. The lowest BCUT2D eigenvalue weighted by Gasteiger charge is -2.28. The van der Waals surface area contributed by atoms with Crippen molar-refractivity contribution in [2.45, 2.75) is 6.04 Å². The molecule has 1 amide bonds. The van der Waals surface area contributed by atoms with Crippen LogP contribution in [0.15, 0.2) is 96.0 Å². The predicted molar refractivity (Wildman–Crippen MR) is 118 cm³/mol. The van der Waals surface area contributed by atoms with E-state index in [0.29, 0.717) is 15.6 Å². The Kier molecular flexibility index (Phi) is 6.99. The third kappa shape index (κ3) is 5.22. The van der Waals surface area contributed by atoms with E-state index in [9.17, 15) is 9.18 Å². The highest BCUT2D eigenvalue weighted by molar-refractivity contribution is 9.10. The Morgan fingerprint density at radius 1 is 1.07 bits per heavy atom. The van der Waals surface area contributed by atoms with Crippen molar-refractivity contribution in [3.63, 3.8) is 0 Å². The molecule has 4 heteroatoms. The number of nitrogens with zero attached hydrogens (tertiary/aromatic N) is 1. The Balaban J connectivity index is 2.11. The summed E-state index contributed by atoms with van der Waals surface area (Å²) in [6, 6.07) is 22.2. The lowest BCUT2D eigenvalue weighted by molar-refractivity contribution is 0.0739. The quantitative estimate of drug-likeness (QED) is 0.346. The van der Waals surface area contributed by atoms with Crippen LogP contribution in [0, 0.1) is 17.7 Å². The molecule has 144 valence electrons. The maximum absolute atomic E-state index is 14.1. The van der Waals surface area contributed by atoms with Gasteiger partial charge < -0.3 is 4.90 Å². The fraction of sp³-hybridized carbons (Fsp3) is 0.0800. The van der Waals surface area contributed by atoms with E-state index < -0.39 is 6.04 Å². The van der Waals surface area contributed by atoms with Crippen LogP contribution in [-0.4, -0.2) is 17.4 Å². The van der Waals surface area contributed by atoms with Crippen LogP contribution in [0.3, 0.4) is 0 Å². The zero-order chi connectivity index (χ0) is 20.6. The molecule has 0 N–H and O–H groups in total. The zero-order valence-electron chi connectivity index (χ0n) is 15.7. The van der Waals surface area contributed by atoms with E-state index in [4.69, 9.17) is 0 Å². The van der Waals surface area contributed by atoms with Crippen LogP contribution in [0.1, 0.15) is 27.5 Å². The van der Waals surface area contributed by atoms with Gasteiger partial charge in [-0.15, -0.1) is 6.58 Å². The molecule has 3 aromatic rings. The molecule has 1 atom stereocenters. The van der Waals surface area contributed by atoms with Crippen molar-refractivity contribution in [3.05, 3.63) is 118 Å². The van der Waals surface area contributed by atoms with Gasteiger partial charge in [0, 0.05) is 27.7 Å². The number of amides is 1. The average Bonchev–Trinajstić information content (AvgIpc) is 2.76. The monoisotopic (exact) mass is 447 g/mol. The summed E-state index contributed by atoms with van der Waals surface area (Å²) in [7, 11) is 0. The average molecular weight is 448 g/mol. The van der Waals surface area contributed by atoms with Crippen molar-refractivity contribution in [1.29, 1.82) is 0 Å². The maximum atomic E-state index is 14.1. The minimum atomic E-state index is -0.661. The molecule has 1 unspecified atom stereocenters. The Labute approximate surface area is 178 Å². The summed E-state index contributed by atoms with van der Waals surface area (Å²) in [4.78, 5) is 14.9. The van der Waals surface area contributed by atoms with Crippen LogP contribution in [-0.2, 0) is 0 Å². The summed E-state index contributed by atoms with van der Waals surface area (Å²) in [5.41, 5.74) is 1.93. The first-order chi connectivity index (χ1) is 14.1. The van der Waals surface area contributed by atoms with Gasteiger partial charge in [0.25, 0.3) is 5.91 Å². The molecular formula is C25H19BrFNO. The molecule has 0 spiro atoms.